The quantitative estimate of drug-likeness (QED) is 0.766. The van der Waals surface area contributed by atoms with Crippen molar-refractivity contribution >= 4 is 0 Å². The summed E-state index contributed by atoms with van der Waals surface area (Å²) in [5.74, 6) is 2.08. The van der Waals surface area contributed by atoms with Crippen molar-refractivity contribution < 1.29 is 0 Å². The number of rotatable bonds is 2. The third kappa shape index (κ3) is 1.43. The highest BCUT2D eigenvalue weighted by molar-refractivity contribution is 5.34. The average molecular weight is 213 g/mol. The van der Waals surface area contributed by atoms with Gasteiger partial charge in [-0.1, -0.05) is 13.0 Å². The van der Waals surface area contributed by atoms with Crippen molar-refractivity contribution in [1.29, 1.82) is 0 Å². The molecule has 3 nitrogen and oxygen atoms in total. The van der Waals surface area contributed by atoms with Gasteiger partial charge in [0.05, 0.1) is 0 Å². The van der Waals surface area contributed by atoms with E-state index in [2.05, 4.69) is 28.6 Å². The van der Waals surface area contributed by atoms with Crippen molar-refractivity contribution in [3.8, 4) is 5.82 Å². The predicted molar refractivity (Wildman–Crippen MR) is 62.8 cm³/mol. The molecule has 2 aromatic rings. The summed E-state index contributed by atoms with van der Waals surface area (Å²) < 4.78 is 2.08. The second-order valence-corrected chi connectivity index (χ2v) is 4.20. The monoisotopic (exact) mass is 213 g/mol. The molecule has 0 unspecified atom stereocenters. The van der Waals surface area contributed by atoms with Gasteiger partial charge in [0.25, 0.3) is 0 Å². The lowest BCUT2D eigenvalue weighted by Gasteiger charge is -2.07. The first-order chi connectivity index (χ1) is 7.88. The van der Waals surface area contributed by atoms with Crippen LogP contribution in [0.4, 0.5) is 0 Å². The van der Waals surface area contributed by atoms with Crippen molar-refractivity contribution in [3.63, 3.8) is 0 Å². The average Bonchev–Trinajstić information content (AvgIpc) is 2.96. The topological polar surface area (TPSA) is 30.7 Å². The summed E-state index contributed by atoms with van der Waals surface area (Å²) in [6.07, 6.45) is 8.32. The van der Waals surface area contributed by atoms with E-state index in [-0.39, 0.29) is 0 Å². The second-order valence-electron chi connectivity index (χ2n) is 4.20. The summed E-state index contributed by atoms with van der Waals surface area (Å²) in [6.45, 7) is 2.12. The maximum atomic E-state index is 4.73. The number of pyridine rings is 1. The van der Waals surface area contributed by atoms with Gasteiger partial charge in [0.1, 0.15) is 11.6 Å². The number of aromatic nitrogens is 3. The van der Waals surface area contributed by atoms with Gasteiger partial charge in [-0.15, -0.1) is 0 Å². The minimum Gasteiger partial charge on any atom is -0.288 e. The molecule has 0 amide bonds. The largest absolute Gasteiger partial charge is 0.288 e. The van der Waals surface area contributed by atoms with Crippen LogP contribution in [0.1, 0.15) is 30.4 Å². The molecule has 0 atom stereocenters. The Labute approximate surface area is 95.2 Å². The van der Waals surface area contributed by atoms with Crippen LogP contribution in [0.15, 0.2) is 24.5 Å². The van der Waals surface area contributed by atoms with Crippen LogP contribution in [0.25, 0.3) is 5.82 Å². The van der Waals surface area contributed by atoms with Gasteiger partial charge in [-0.3, -0.25) is 4.57 Å². The highest BCUT2D eigenvalue weighted by Gasteiger charge is 2.13. The lowest BCUT2D eigenvalue weighted by Crippen LogP contribution is -2.03. The second kappa shape index (κ2) is 3.74. The highest BCUT2D eigenvalue weighted by atomic mass is 15.1. The summed E-state index contributed by atoms with van der Waals surface area (Å²) in [5, 5.41) is 0. The molecular weight excluding hydrogens is 198 g/mol. The van der Waals surface area contributed by atoms with Crippen LogP contribution in [0.5, 0.6) is 0 Å². The van der Waals surface area contributed by atoms with Crippen molar-refractivity contribution in [2.24, 2.45) is 0 Å². The first-order valence-electron chi connectivity index (χ1n) is 5.90. The van der Waals surface area contributed by atoms with E-state index >= 15 is 0 Å². The van der Waals surface area contributed by atoms with E-state index in [1.165, 1.54) is 24.1 Å². The van der Waals surface area contributed by atoms with Crippen LogP contribution in [-0.2, 0) is 19.3 Å². The van der Waals surface area contributed by atoms with E-state index in [0.717, 1.165) is 24.5 Å². The molecule has 3 heteroatoms. The molecule has 0 saturated heterocycles. The van der Waals surface area contributed by atoms with Crippen LogP contribution in [0, 0.1) is 0 Å². The Morgan fingerprint density at radius 2 is 2.25 bits per heavy atom. The Morgan fingerprint density at radius 1 is 1.31 bits per heavy atom. The fourth-order valence-corrected chi connectivity index (χ4v) is 2.35. The lowest BCUT2D eigenvalue weighted by molar-refractivity contribution is 0.852. The fourth-order valence-electron chi connectivity index (χ4n) is 2.35. The molecule has 0 radical (unpaired) electrons. The van der Waals surface area contributed by atoms with Gasteiger partial charge in [0.15, 0.2) is 0 Å². The summed E-state index contributed by atoms with van der Waals surface area (Å²) >= 11 is 0. The molecule has 0 spiro atoms. The first kappa shape index (κ1) is 9.58. The molecule has 82 valence electrons. The molecule has 0 bridgehead atoms. The Kier molecular flexibility index (Phi) is 2.24. The maximum Gasteiger partial charge on any atom is 0.138 e. The van der Waals surface area contributed by atoms with Crippen LogP contribution in [0.3, 0.4) is 0 Å². The van der Waals surface area contributed by atoms with Crippen molar-refractivity contribution in [2.45, 2.75) is 32.6 Å². The molecule has 0 fully saturated rings. The van der Waals surface area contributed by atoms with E-state index in [1.54, 1.807) is 0 Å². The number of nitrogens with zero attached hydrogens (tertiary/aromatic N) is 3. The molecule has 3 rings (SSSR count). The normalized spacial score (nSPS) is 14.1. The third-order valence-electron chi connectivity index (χ3n) is 3.19. The van der Waals surface area contributed by atoms with Gasteiger partial charge in [0, 0.05) is 24.5 Å². The zero-order valence-electron chi connectivity index (χ0n) is 9.48. The van der Waals surface area contributed by atoms with Crippen molar-refractivity contribution in [1.82, 2.24) is 14.5 Å². The molecule has 2 heterocycles. The third-order valence-corrected chi connectivity index (χ3v) is 3.19. The Morgan fingerprint density at radius 3 is 3.12 bits per heavy atom. The van der Waals surface area contributed by atoms with Crippen LogP contribution in [0.2, 0.25) is 0 Å². The minimum atomic E-state index is 0.936. The van der Waals surface area contributed by atoms with Gasteiger partial charge in [-0.05, 0) is 30.9 Å². The summed E-state index contributed by atoms with van der Waals surface area (Å²) in [5.41, 5.74) is 2.69. The number of fused-ring (bicyclic) bond motifs is 1. The molecule has 0 saturated carbocycles. The SMILES string of the molecule is CCc1nccn1-c1ccc2c(n1)CCC2. The molecule has 0 N–H and O–H groups in total. The van der Waals surface area contributed by atoms with Gasteiger partial charge in [-0.25, -0.2) is 9.97 Å². The number of aryl methyl sites for hydroxylation is 3. The maximum absolute atomic E-state index is 4.73. The molecule has 0 aliphatic heterocycles. The Hall–Kier alpha value is -1.64. The summed E-state index contributed by atoms with van der Waals surface area (Å²) in [7, 11) is 0. The van der Waals surface area contributed by atoms with Crippen molar-refractivity contribution in [2.75, 3.05) is 0 Å². The van der Waals surface area contributed by atoms with Crippen LogP contribution < -0.4 is 0 Å². The van der Waals surface area contributed by atoms with Gasteiger partial charge in [-0.2, -0.15) is 0 Å². The fraction of sp³-hybridized carbons (Fsp3) is 0.385. The van der Waals surface area contributed by atoms with Gasteiger partial charge < -0.3 is 0 Å². The molecule has 16 heavy (non-hydrogen) atoms. The number of imidazole rings is 1. The van der Waals surface area contributed by atoms with Gasteiger partial charge in [0.2, 0.25) is 0 Å². The van der Waals surface area contributed by atoms with E-state index in [9.17, 15) is 0 Å². The zero-order valence-corrected chi connectivity index (χ0v) is 9.48. The van der Waals surface area contributed by atoms with Crippen molar-refractivity contribution in [3.05, 3.63) is 41.6 Å². The molecular formula is C13H15N3. The summed E-state index contributed by atoms with van der Waals surface area (Å²) in [6, 6.07) is 4.31. The lowest BCUT2D eigenvalue weighted by atomic mass is 10.2. The Bertz CT molecular complexity index is 514. The number of hydrogen-bond acceptors (Lipinski definition) is 2. The molecule has 1 aliphatic carbocycles. The standard InChI is InChI=1S/C13H15N3/c1-2-12-14-8-9-16(12)13-7-6-10-4-3-5-11(10)15-13/h6-9H,2-5H2,1H3. The van der Waals surface area contributed by atoms with Crippen LogP contribution in [-0.4, -0.2) is 14.5 Å². The predicted octanol–water partition coefficient (Wildman–Crippen LogP) is 2.32. The van der Waals surface area contributed by atoms with E-state index in [4.69, 9.17) is 4.98 Å². The van der Waals surface area contributed by atoms with E-state index in [0.29, 0.717) is 0 Å². The molecule has 1 aliphatic rings. The Balaban J connectivity index is 2.07. The zero-order chi connectivity index (χ0) is 11.0. The van der Waals surface area contributed by atoms with Crippen LogP contribution >= 0.6 is 0 Å². The molecule has 0 aromatic carbocycles. The van der Waals surface area contributed by atoms with Gasteiger partial charge >= 0.3 is 0 Å². The smallest absolute Gasteiger partial charge is 0.138 e. The highest BCUT2D eigenvalue weighted by Crippen LogP contribution is 2.21. The van der Waals surface area contributed by atoms with E-state index < -0.39 is 0 Å². The molecule has 2 aromatic heterocycles. The van der Waals surface area contributed by atoms with E-state index in [1.807, 2.05) is 12.4 Å². The summed E-state index contributed by atoms with van der Waals surface area (Å²) in [4.78, 5) is 9.05. The minimum absolute atomic E-state index is 0.936. The first-order valence-corrected chi connectivity index (χ1v) is 5.90. The number of hydrogen-bond donors (Lipinski definition) is 0.